The lowest BCUT2D eigenvalue weighted by Crippen LogP contribution is -2.09. The lowest BCUT2D eigenvalue weighted by atomic mass is 9.99. The minimum absolute atomic E-state index is 0.447. The highest BCUT2D eigenvalue weighted by molar-refractivity contribution is 7.80. The summed E-state index contributed by atoms with van der Waals surface area (Å²) in [4.78, 5) is 0.912. The average Bonchev–Trinajstić information content (AvgIpc) is 1.59. The first kappa shape index (κ1) is 9.63. The van der Waals surface area contributed by atoms with E-state index >= 15 is 0 Å². The molecule has 0 atom stereocenters. The van der Waals surface area contributed by atoms with Gasteiger partial charge in [-0.1, -0.05) is 26.1 Å². The summed E-state index contributed by atoms with van der Waals surface area (Å²) in [5.74, 6) is 0.447. The number of nitrogens with two attached hydrogens (primary N) is 1. The van der Waals surface area contributed by atoms with Crippen molar-refractivity contribution in [1.82, 2.24) is 0 Å². The second-order valence-electron chi connectivity index (χ2n) is 2.81. The van der Waals surface area contributed by atoms with Gasteiger partial charge in [-0.3, -0.25) is 0 Å². The third-order valence-electron chi connectivity index (χ3n) is 1.38. The second-order valence-corrected chi connectivity index (χ2v) is 3.42. The quantitative estimate of drug-likeness (QED) is 0.491. The number of hydrogen-bond donors (Lipinski definition) is 1. The van der Waals surface area contributed by atoms with Gasteiger partial charge < -0.3 is 5.73 Å². The van der Waals surface area contributed by atoms with Gasteiger partial charge in [0.25, 0.3) is 0 Å². The van der Waals surface area contributed by atoms with Crippen LogP contribution in [0.15, 0.2) is 11.3 Å². The van der Waals surface area contributed by atoms with Gasteiger partial charge in [0.15, 0.2) is 0 Å². The Morgan fingerprint density at radius 3 is 1.70 bits per heavy atom. The Morgan fingerprint density at radius 2 is 1.70 bits per heavy atom. The van der Waals surface area contributed by atoms with Crippen molar-refractivity contribution in [3.05, 3.63) is 11.3 Å². The molecule has 2 heteroatoms. The van der Waals surface area contributed by atoms with Crippen LogP contribution < -0.4 is 5.73 Å². The highest BCUT2D eigenvalue weighted by Gasteiger charge is 2.06. The molecular formula is C8H15NS. The molecule has 0 fully saturated rings. The minimum atomic E-state index is 0.447. The zero-order valence-corrected chi connectivity index (χ0v) is 7.88. The van der Waals surface area contributed by atoms with Gasteiger partial charge in [-0.15, -0.1) is 0 Å². The first-order chi connectivity index (χ1) is 4.46. The first-order valence-electron chi connectivity index (χ1n) is 3.44. The van der Waals surface area contributed by atoms with Crippen LogP contribution in [-0.2, 0) is 0 Å². The predicted octanol–water partition coefficient (Wildman–Crippen LogP) is 2.26. The summed E-state index contributed by atoms with van der Waals surface area (Å²) in [7, 11) is 0. The summed E-state index contributed by atoms with van der Waals surface area (Å²) in [5.41, 5.74) is 7.60. The molecule has 0 saturated carbocycles. The molecule has 2 N–H and O–H groups in total. The fourth-order valence-electron chi connectivity index (χ4n) is 1.14. The third kappa shape index (κ3) is 2.48. The van der Waals surface area contributed by atoms with Crippen molar-refractivity contribution in [2.75, 3.05) is 0 Å². The highest BCUT2D eigenvalue weighted by atomic mass is 32.1. The molecule has 0 spiro atoms. The van der Waals surface area contributed by atoms with E-state index in [1.807, 2.05) is 13.8 Å². The monoisotopic (exact) mass is 157 g/mol. The molecular weight excluding hydrogens is 142 g/mol. The van der Waals surface area contributed by atoms with E-state index < -0.39 is 0 Å². The van der Waals surface area contributed by atoms with Crippen LogP contribution >= 0.6 is 12.2 Å². The van der Waals surface area contributed by atoms with E-state index in [1.54, 1.807) is 0 Å². The normalized spacial score (nSPS) is 13.3. The van der Waals surface area contributed by atoms with Crippen LogP contribution in [0.4, 0.5) is 0 Å². The van der Waals surface area contributed by atoms with Crippen LogP contribution in [0, 0.1) is 5.92 Å². The molecule has 0 aliphatic heterocycles. The fraction of sp³-hybridized carbons (Fsp3) is 0.625. The maximum absolute atomic E-state index is 5.63. The third-order valence-corrected chi connectivity index (χ3v) is 1.60. The molecule has 0 rings (SSSR count). The average molecular weight is 157 g/mol. The van der Waals surface area contributed by atoms with Crippen LogP contribution in [0.2, 0.25) is 0 Å². The summed E-state index contributed by atoms with van der Waals surface area (Å²) in [5, 5.41) is 0. The zero-order valence-electron chi connectivity index (χ0n) is 7.06. The summed E-state index contributed by atoms with van der Waals surface area (Å²) >= 11 is 5.03. The molecule has 58 valence electrons. The van der Waals surface area contributed by atoms with Crippen molar-refractivity contribution < 1.29 is 0 Å². The van der Waals surface area contributed by atoms with Crippen molar-refractivity contribution in [2.24, 2.45) is 11.7 Å². The summed E-state index contributed by atoms with van der Waals surface area (Å²) in [6.07, 6.45) is 0. The van der Waals surface area contributed by atoms with Gasteiger partial charge in [0.1, 0.15) is 0 Å². The Labute approximate surface area is 68.3 Å². The van der Waals surface area contributed by atoms with Crippen molar-refractivity contribution in [2.45, 2.75) is 27.7 Å². The van der Waals surface area contributed by atoms with Crippen molar-refractivity contribution in [3.63, 3.8) is 0 Å². The van der Waals surface area contributed by atoms with Crippen LogP contribution in [0.5, 0.6) is 0 Å². The molecule has 0 aliphatic rings. The molecule has 0 aromatic rings. The Hall–Kier alpha value is -0.370. The molecule has 0 aromatic heterocycles. The van der Waals surface area contributed by atoms with Gasteiger partial charge in [0.05, 0.1) is 0 Å². The van der Waals surface area contributed by atoms with Gasteiger partial charge in [0, 0.05) is 10.6 Å². The minimum Gasteiger partial charge on any atom is -0.402 e. The summed E-state index contributed by atoms with van der Waals surface area (Å²) < 4.78 is 0. The number of rotatable bonds is 2. The lowest BCUT2D eigenvalue weighted by Gasteiger charge is -2.11. The van der Waals surface area contributed by atoms with Gasteiger partial charge in [-0.05, 0) is 25.3 Å². The maximum Gasteiger partial charge on any atom is 0.0172 e. The van der Waals surface area contributed by atoms with Crippen molar-refractivity contribution in [1.29, 1.82) is 0 Å². The smallest absolute Gasteiger partial charge is 0.0172 e. The van der Waals surface area contributed by atoms with E-state index in [0.29, 0.717) is 5.92 Å². The molecule has 0 saturated heterocycles. The first-order valence-corrected chi connectivity index (χ1v) is 3.84. The number of hydrogen-bond acceptors (Lipinski definition) is 2. The van der Waals surface area contributed by atoms with Gasteiger partial charge in [-0.25, -0.2) is 0 Å². The molecule has 0 amide bonds. The Balaban J connectivity index is 4.61. The lowest BCUT2D eigenvalue weighted by molar-refractivity contribution is 0.791. The van der Waals surface area contributed by atoms with Crippen LogP contribution in [0.1, 0.15) is 27.7 Å². The highest BCUT2D eigenvalue weighted by Crippen LogP contribution is 2.13. The summed E-state index contributed by atoms with van der Waals surface area (Å²) in [6.45, 7) is 8.01. The molecule has 0 unspecified atom stereocenters. The van der Waals surface area contributed by atoms with E-state index in [1.165, 1.54) is 0 Å². The number of thiocarbonyl (C=S) groups is 1. The fourth-order valence-corrected chi connectivity index (χ4v) is 1.54. The van der Waals surface area contributed by atoms with Crippen molar-refractivity contribution in [3.8, 4) is 0 Å². The van der Waals surface area contributed by atoms with E-state index in [4.69, 9.17) is 18.0 Å². The SMILES string of the molecule is CC(=S)/C(=C(/C)N)C(C)C. The topological polar surface area (TPSA) is 26.0 Å². The van der Waals surface area contributed by atoms with E-state index in [2.05, 4.69) is 13.8 Å². The van der Waals surface area contributed by atoms with Gasteiger partial charge in [0.2, 0.25) is 0 Å². The van der Waals surface area contributed by atoms with Crippen LogP contribution in [-0.4, -0.2) is 4.86 Å². The summed E-state index contributed by atoms with van der Waals surface area (Å²) in [6, 6.07) is 0. The van der Waals surface area contributed by atoms with Gasteiger partial charge in [-0.2, -0.15) is 0 Å². The maximum atomic E-state index is 5.63. The van der Waals surface area contributed by atoms with E-state index in [9.17, 15) is 0 Å². The number of allylic oxidation sites excluding steroid dienone is 2. The molecule has 0 heterocycles. The standard InChI is InChI=1S/C8H15NS/c1-5(2)8(6(3)9)7(4)10/h5H,9H2,1-4H3/b8-6-. The van der Waals surface area contributed by atoms with Crippen LogP contribution in [0.3, 0.4) is 0 Å². The molecule has 0 bridgehead atoms. The molecule has 10 heavy (non-hydrogen) atoms. The Kier molecular flexibility index (Phi) is 3.58. The second kappa shape index (κ2) is 3.71. The Bertz CT molecular complexity index is 164. The largest absolute Gasteiger partial charge is 0.402 e. The predicted molar refractivity (Wildman–Crippen MR) is 50.0 cm³/mol. The van der Waals surface area contributed by atoms with E-state index in [-0.39, 0.29) is 0 Å². The van der Waals surface area contributed by atoms with E-state index in [0.717, 1.165) is 16.1 Å². The van der Waals surface area contributed by atoms with Gasteiger partial charge >= 0.3 is 0 Å². The van der Waals surface area contributed by atoms with Crippen molar-refractivity contribution >= 4 is 17.1 Å². The Morgan fingerprint density at radius 1 is 1.30 bits per heavy atom. The molecule has 0 aliphatic carbocycles. The zero-order chi connectivity index (χ0) is 8.31. The van der Waals surface area contributed by atoms with Crippen LogP contribution in [0.25, 0.3) is 0 Å². The molecule has 0 radical (unpaired) electrons. The molecule has 1 nitrogen and oxygen atoms in total. The molecule has 0 aromatic carbocycles.